The predicted octanol–water partition coefficient (Wildman–Crippen LogP) is -2.10. The summed E-state index contributed by atoms with van der Waals surface area (Å²) in [6, 6.07) is 1.76. The Balaban J connectivity index is 2.03. The second-order valence-electron chi connectivity index (χ2n) is 6.53. The molecule has 1 aromatic carbocycles. The molecular weight excluding hydrogens is 373 g/mol. The first-order chi connectivity index (χ1) is 13.1. The van der Waals surface area contributed by atoms with Gasteiger partial charge in [0.2, 0.25) is 11.8 Å². The number of amides is 2. The van der Waals surface area contributed by atoms with Crippen LogP contribution in [0.5, 0.6) is 11.5 Å². The lowest BCUT2D eigenvalue weighted by Crippen LogP contribution is -2.60. The van der Waals surface area contributed by atoms with Gasteiger partial charge in [0, 0.05) is 0 Å². The fraction of sp³-hybridized carbons (Fsp3) is 0.438. The Labute approximate surface area is 160 Å². The quantitative estimate of drug-likeness (QED) is 0.254. The zero-order valence-corrected chi connectivity index (χ0v) is 14.9. The molecule has 1 aliphatic heterocycles. The standard InChI is InChI=1S/C16H22BN3O8/c18-10(5-12(19)21)15(23)20-6-9(7-20)28-11-2-1-8(3-4-17(26)27)14(22)13(11)16(24)25/h1-2,9-10,22,26-27H,3-7,18H2,(H2,19,21)(H,24,25)/t10-/m1/s1. The van der Waals surface area contributed by atoms with Crippen LogP contribution in [-0.2, 0) is 16.0 Å². The maximum absolute atomic E-state index is 12.0. The van der Waals surface area contributed by atoms with Crippen LogP contribution in [0.1, 0.15) is 22.3 Å². The molecule has 1 aliphatic rings. The van der Waals surface area contributed by atoms with Gasteiger partial charge in [-0.3, -0.25) is 9.59 Å². The third-order valence-corrected chi connectivity index (χ3v) is 4.30. The van der Waals surface area contributed by atoms with Crippen molar-refractivity contribution >= 4 is 24.9 Å². The summed E-state index contributed by atoms with van der Waals surface area (Å²) in [7, 11) is -1.58. The van der Waals surface area contributed by atoms with Crippen LogP contribution in [0.25, 0.3) is 0 Å². The largest absolute Gasteiger partial charge is 0.507 e. The Kier molecular flexibility index (Phi) is 6.83. The highest BCUT2D eigenvalue weighted by Gasteiger charge is 2.36. The molecule has 11 nitrogen and oxygen atoms in total. The number of nitrogens with two attached hydrogens (primary N) is 2. The number of aromatic hydroxyl groups is 1. The van der Waals surface area contributed by atoms with Gasteiger partial charge in [-0.1, -0.05) is 6.07 Å². The van der Waals surface area contributed by atoms with Crippen molar-refractivity contribution in [3.05, 3.63) is 23.3 Å². The molecule has 1 aromatic rings. The van der Waals surface area contributed by atoms with Gasteiger partial charge in [0.1, 0.15) is 23.2 Å². The van der Waals surface area contributed by atoms with Crippen molar-refractivity contribution in [3.8, 4) is 11.5 Å². The number of primary amides is 1. The predicted molar refractivity (Wildman–Crippen MR) is 96.6 cm³/mol. The molecule has 1 atom stereocenters. The van der Waals surface area contributed by atoms with Gasteiger partial charge in [-0.25, -0.2) is 4.79 Å². The summed E-state index contributed by atoms with van der Waals surface area (Å²) in [4.78, 5) is 35.7. The highest BCUT2D eigenvalue weighted by molar-refractivity contribution is 6.41. The molecule has 0 bridgehead atoms. The van der Waals surface area contributed by atoms with E-state index in [1.807, 2.05) is 0 Å². The Bertz CT molecular complexity index is 767. The fourth-order valence-electron chi connectivity index (χ4n) is 2.82. The number of nitrogens with zero attached hydrogens (tertiary/aromatic N) is 1. The first-order valence-corrected chi connectivity index (χ1v) is 8.53. The zero-order valence-electron chi connectivity index (χ0n) is 14.9. The van der Waals surface area contributed by atoms with E-state index in [9.17, 15) is 24.6 Å². The summed E-state index contributed by atoms with van der Waals surface area (Å²) in [5.41, 5.74) is 10.4. The topological polar surface area (TPSA) is 197 Å². The number of ether oxygens (including phenoxy) is 1. The highest BCUT2D eigenvalue weighted by Crippen LogP contribution is 2.34. The molecule has 0 aliphatic carbocycles. The van der Waals surface area contributed by atoms with Crippen LogP contribution in [0.2, 0.25) is 6.32 Å². The molecule has 0 spiro atoms. The number of carboxylic acids is 1. The number of hydrogen-bond acceptors (Lipinski definition) is 8. The summed E-state index contributed by atoms with van der Waals surface area (Å²) in [6.45, 7) is 0.285. The van der Waals surface area contributed by atoms with E-state index in [0.29, 0.717) is 0 Å². The van der Waals surface area contributed by atoms with Gasteiger partial charge in [-0.2, -0.15) is 0 Å². The summed E-state index contributed by atoms with van der Waals surface area (Å²) >= 11 is 0. The van der Waals surface area contributed by atoms with E-state index in [2.05, 4.69) is 0 Å². The van der Waals surface area contributed by atoms with Crippen molar-refractivity contribution < 1.29 is 39.4 Å². The Morgan fingerprint density at radius 3 is 2.46 bits per heavy atom. The molecule has 0 aromatic heterocycles. The van der Waals surface area contributed by atoms with Crippen LogP contribution >= 0.6 is 0 Å². The number of aromatic carboxylic acids is 1. The van der Waals surface area contributed by atoms with Gasteiger partial charge >= 0.3 is 13.1 Å². The fourth-order valence-corrected chi connectivity index (χ4v) is 2.82. The minimum atomic E-state index is -1.58. The molecule has 1 fully saturated rings. The summed E-state index contributed by atoms with van der Waals surface area (Å²) < 4.78 is 5.58. The minimum Gasteiger partial charge on any atom is -0.507 e. The van der Waals surface area contributed by atoms with Crippen LogP contribution in [-0.4, -0.2) is 75.3 Å². The van der Waals surface area contributed by atoms with Gasteiger partial charge in [0.25, 0.3) is 0 Å². The van der Waals surface area contributed by atoms with E-state index in [4.69, 9.17) is 26.3 Å². The number of benzene rings is 1. The minimum absolute atomic E-state index is 0.0630. The molecule has 152 valence electrons. The lowest BCUT2D eigenvalue weighted by molar-refractivity contribution is -0.142. The zero-order chi connectivity index (χ0) is 21.0. The third-order valence-electron chi connectivity index (χ3n) is 4.30. The average Bonchev–Trinajstić information content (AvgIpc) is 2.55. The molecule has 2 amide bonds. The highest BCUT2D eigenvalue weighted by atomic mass is 16.5. The lowest BCUT2D eigenvalue weighted by atomic mass is 9.82. The van der Waals surface area contributed by atoms with Crippen LogP contribution in [0, 0.1) is 0 Å². The number of rotatable bonds is 9. The number of carbonyl (C=O) groups excluding carboxylic acids is 2. The van der Waals surface area contributed by atoms with Crippen LogP contribution in [0.4, 0.5) is 0 Å². The van der Waals surface area contributed by atoms with E-state index in [1.165, 1.54) is 17.0 Å². The molecule has 8 N–H and O–H groups in total. The van der Waals surface area contributed by atoms with Crippen molar-refractivity contribution in [2.75, 3.05) is 13.1 Å². The third kappa shape index (κ3) is 5.12. The first-order valence-electron chi connectivity index (χ1n) is 8.53. The monoisotopic (exact) mass is 395 g/mol. The maximum atomic E-state index is 12.0. The second-order valence-corrected chi connectivity index (χ2v) is 6.53. The normalized spacial score (nSPS) is 14.9. The average molecular weight is 395 g/mol. The summed E-state index contributed by atoms with van der Waals surface area (Å²) in [6.07, 6.45) is -0.791. The summed E-state index contributed by atoms with van der Waals surface area (Å²) in [5.74, 6) is -3.14. The molecule has 0 saturated carbocycles. The molecule has 2 rings (SSSR count). The Hall–Kier alpha value is -2.83. The molecule has 28 heavy (non-hydrogen) atoms. The van der Waals surface area contributed by atoms with Crippen molar-refractivity contribution in [1.29, 1.82) is 0 Å². The number of likely N-dealkylation sites (tertiary alicyclic amines) is 1. The van der Waals surface area contributed by atoms with Gasteiger partial charge in [-0.05, 0) is 24.4 Å². The number of carboxylic acid groups (broad SMARTS) is 1. The lowest BCUT2D eigenvalue weighted by Gasteiger charge is -2.40. The molecule has 0 radical (unpaired) electrons. The number of phenols is 1. The van der Waals surface area contributed by atoms with E-state index in [1.54, 1.807) is 0 Å². The maximum Gasteiger partial charge on any atom is 0.451 e. The second kappa shape index (κ2) is 8.91. The summed E-state index contributed by atoms with van der Waals surface area (Å²) in [5, 5.41) is 37.4. The molecule has 1 heterocycles. The van der Waals surface area contributed by atoms with Crippen LogP contribution in [0.3, 0.4) is 0 Å². The van der Waals surface area contributed by atoms with Gasteiger partial charge < -0.3 is 41.4 Å². The molecule has 12 heteroatoms. The van der Waals surface area contributed by atoms with Crippen molar-refractivity contribution in [2.24, 2.45) is 11.5 Å². The number of aryl methyl sites for hydroxylation is 1. The molecule has 1 saturated heterocycles. The first kappa shape index (κ1) is 21.5. The van der Waals surface area contributed by atoms with Crippen LogP contribution in [0.15, 0.2) is 12.1 Å². The van der Waals surface area contributed by atoms with E-state index < -0.39 is 48.4 Å². The molecular formula is C16H22BN3O8. The van der Waals surface area contributed by atoms with Crippen molar-refractivity contribution in [1.82, 2.24) is 4.90 Å². The van der Waals surface area contributed by atoms with E-state index >= 15 is 0 Å². The Morgan fingerprint density at radius 2 is 1.93 bits per heavy atom. The number of hydrogen-bond donors (Lipinski definition) is 6. The van der Waals surface area contributed by atoms with Gasteiger partial charge in [0.05, 0.1) is 25.6 Å². The van der Waals surface area contributed by atoms with Gasteiger partial charge in [-0.15, -0.1) is 0 Å². The van der Waals surface area contributed by atoms with Crippen molar-refractivity contribution in [3.63, 3.8) is 0 Å². The Morgan fingerprint density at radius 1 is 1.29 bits per heavy atom. The number of carbonyl (C=O) groups is 3. The smallest absolute Gasteiger partial charge is 0.451 e. The van der Waals surface area contributed by atoms with Crippen molar-refractivity contribution in [2.45, 2.75) is 31.3 Å². The van der Waals surface area contributed by atoms with E-state index in [0.717, 1.165) is 0 Å². The van der Waals surface area contributed by atoms with Crippen LogP contribution < -0.4 is 16.2 Å². The van der Waals surface area contributed by atoms with Gasteiger partial charge in [0.15, 0.2) is 0 Å². The molecule has 0 unspecified atom stereocenters. The van der Waals surface area contributed by atoms with E-state index in [-0.39, 0.29) is 43.6 Å². The SMILES string of the molecule is NC(=O)C[C@@H](N)C(=O)N1CC(Oc2ccc(CCB(O)O)c(O)c2C(=O)O)C1.